The molecule has 10 heteroatoms. The van der Waals surface area contributed by atoms with Gasteiger partial charge in [0.05, 0.1) is 11.5 Å². The van der Waals surface area contributed by atoms with Crippen molar-refractivity contribution in [2.45, 2.75) is 20.3 Å². The molecule has 0 atom stereocenters. The molecule has 3 rings (SSSR count). The predicted molar refractivity (Wildman–Crippen MR) is 115 cm³/mol. The van der Waals surface area contributed by atoms with Crippen molar-refractivity contribution in [2.75, 3.05) is 18.5 Å². The molecular weight excluding hydrogens is 416 g/mol. The summed E-state index contributed by atoms with van der Waals surface area (Å²) in [6.45, 7) is 4.31. The second-order valence-corrected chi connectivity index (χ2v) is 8.41. The zero-order valence-corrected chi connectivity index (χ0v) is 17.7. The van der Waals surface area contributed by atoms with Crippen LogP contribution in [0.1, 0.15) is 24.4 Å². The Bertz CT molecular complexity index is 924. The molecule has 0 radical (unpaired) electrons. The van der Waals surface area contributed by atoms with Crippen LogP contribution in [-0.2, 0) is 16.0 Å². The number of aromatic nitrogens is 2. The molecule has 2 aromatic rings. The van der Waals surface area contributed by atoms with Crippen LogP contribution in [0.4, 0.5) is 5.13 Å². The SMILES string of the molecule is CCOc1ccc(C=C2SC(=S)N(CC(=O)Nc3nnc(CC)s3)C2=O)cc1. The summed E-state index contributed by atoms with van der Waals surface area (Å²) < 4.78 is 5.76. The minimum absolute atomic E-state index is 0.160. The van der Waals surface area contributed by atoms with E-state index in [0.717, 1.165) is 22.7 Å². The summed E-state index contributed by atoms with van der Waals surface area (Å²) in [4.78, 5) is 26.7. The highest BCUT2D eigenvalue weighted by Gasteiger charge is 2.33. The van der Waals surface area contributed by atoms with E-state index in [1.807, 2.05) is 38.1 Å². The van der Waals surface area contributed by atoms with E-state index in [1.165, 1.54) is 28.0 Å². The summed E-state index contributed by atoms with van der Waals surface area (Å²) in [6, 6.07) is 7.42. The van der Waals surface area contributed by atoms with Crippen molar-refractivity contribution in [3.63, 3.8) is 0 Å². The van der Waals surface area contributed by atoms with Gasteiger partial charge in [0.2, 0.25) is 11.0 Å². The quantitative estimate of drug-likeness (QED) is 0.528. The predicted octanol–water partition coefficient (Wildman–Crippen LogP) is 3.34. The molecular formula is C18H18N4O3S3. The van der Waals surface area contributed by atoms with Crippen LogP contribution in [0.2, 0.25) is 0 Å². The van der Waals surface area contributed by atoms with Crippen LogP contribution < -0.4 is 10.1 Å². The minimum Gasteiger partial charge on any atom is -0.494 e. The van der Waals surface area contributed by atoms with Crippen molar-refractivity contribution in [1.29, 1.82) is 0 Å². The van der Waals surface area contributed by atoms with Crippen LogP contribution in [-0.4, -0.2) is 44.4 Å². The van der Waals surface area contributed by atoms with Crippen molar-refractivity contribution in [3.05, 3.63) is 39.7 Å². The Labute approximate surface area is 176 Å². The molecule has 1 aromatic heterocycles. The summed E-state index contributed by atoms with van der Waals surface area (Å²) >= 11 is 7.76. The third-order valence-corrected chi connectivity index (χ3v) is 6.04. The largest absolute Gasteiger partial charge is 0.494 e. The maximum absolute atomic E-state index is 12.6. The second kappa shape index (κ2) is 9.26. The fourth-order valence-electron chi connectivity index (χ4n) is 2.36. The number of rotatable bonds is 7. The number of benzene rings is 1. The highest BCUT2D eigenvalue weighted by atomic mass is 32.2. The number of thiocarbonyl (C=S) groups is 1. The smallest absolute Gasteiger partial charge is 0.266 e. The van der Waals surface area contributed by atoms with Crippen LogP contribution in [0.3, 0.4) is 0 Å². The van der Waals surface area contributed by atoms with E-state index < -0.39 is 0 Å². The number of amides is 2. The lowest BCUT2D eigenvalue weighted by atomic mass is 10.2. The highest BCUT2D eigenvalue weighted by Crippen LogP contribution is 2.32. The highest BCUT2D eigenvalue weighted by molar-refractivity contribution is 8.26. The van der Waals surface area contributed by atoms with Crippen molar-refractivity contribution in [3.8, 4) is 5.75 Å². The number of aryl methyl sites for hydroxylation is 1. The number of carbonyl (C=O) groups is 2. The van der Waals surface area contributed by atoms with Gasteiger partial charge in [-0.2, -0.15) is 0 Å². The number of nitrogens with one attached hydrogen (secondary N) is 1. The fourth-order valence-corrected chi connectivity index (χ4v) is 4.31. The molecule has 146 valence electrons. The molecule has 1 aliphatic rings. The van der Waals surface area contributed by atoms with E-state index in [2.05, 4.69) is 15.5 Å². The zero-order chi connectivity index (χ0) is 20.1. The average Bonchev–Trinajstić information content (AvgIpc) is 3.23. The van der Waals surface area contributed by atoms with Crippen molar-refractivity contribution >= 4 is 62.7 Å². The van der Waals surface area contributed by atoms with Gasteiger partial charge in [-0.15, -0.1) is 10.2 Å². The van der Waals surface area contributed by atoms with Gasteiger partial charge in [-0.1, -0.05) is 54.4 Å². The van der Waals surface area contributed by atoms with E-state index in [1.54, 1.807) is 6.08 Å². The van der Waals surface area contributed by atoms with E-state index >= 15 is 0 Å². The normalized spacial score (nSPS) is 15.4. The Hall–Kier alpha value is -2.30. The van der Waals surface area contributed by atoms with Gasteiger partial charge in [0, 0.05) is 0 Å². The fraction of sp³-hybridized carbons (Fsp3) is 0.278. The summed E-state index contributed by atoms with van der Waals surface area (Å²) in [5.74, 6) is 0.120. The van der Waals surface area contributed by atoms with E-state index in [4.69, 9.17) is 17.0 Å². The molecule has 1 N–H and O–H groups in total. The number of thioether (sulfide) groups is 1. The minimum atomic E-state index is -0.363. The van der Waals surface area contributed by atoms with E-state index in [0.29, 0.717) is 21.0 Å². The average molecular weight is 435 g/mol. The van der Waals surface area contributed by atoms with Gasteiger partial charge in [0.1, 0.15) is 21.6 Å². The second-order valence-electron chi connectivity index (χ2n) is 5.67. The number of nitrogens with zero attached hydrogens (tertiary/aromatic N) is 3. The maximum Gasteiger partial charge on any atom is 0.266 e. The molecule has 0 saturated carbocycles. The summed E-state index contributed by atoms with van der Waals surface area (Å²) in [7, 11) is 0. The van der Waals surface area contributed by atoms with Crippen LogP contribution in [0.15, 0.2) is 29.2 Å². The van der Waals surface area contributed by atoms with Crippen molar-refractivity contribution in [2.24, 2.45) is 0 Å². The topological polar surface area (TPSA) is 84.4 Å². The monoisotopic (exact) mass is 434 g/mol. The Morgan fingerprint density at radius 3 is 2.68 bits per heavy atom. The lowest BCUT2D eigenvalue weighted by Gasteiger charge is -2.13. The number of hydrogen-bond donors (Lipinski definition) is 1. The van der Waals surface area contributed by atoms with E-state index in [-0.39, 0.29) is 18.4 Å². The molecule has 1 saturated heterocycles. The van der Waals surface area contributed by atoms with Gasteiger partial charge >= 0.3 is 0 Å². The Morgan fingerprint density at radius 2 is 2.04 bits per heavy atom. The van der Waals surface area contributed by atoms with Crippen molar-refractivity contribution in [1.82, 2.24) is 15.1 Å². The molecule has 0 unspecified atom stereocenters. The first-order valence-corrected chi connectivity index (χ1v) is 10.6. The first-order chi connectivity index (χ1) is 13.5. The summed E-state index contributed by atoms with van der Waals surface area (Å²) in [6.07, 6.45) is 2.50. The zero-order valence-electron chi connectivity index (χ0n) is 15.3. The van der Waals surface area contributed by atoms with Gasteiger partial charge in [0.25, 0.3) is 5.91 Å². The number of anilines is 1. The first-order valence-electron chi connectivity index (χ1n) is 8.60. The first kappa shape index (κ1) is 20.4. The van der Waals surface area contributed by atoms with Crippen LogP contribution >= 0.6 is 35.3 Å². The third kappa shape index (κ3) is 4.94. The van der Waals surface area contributed by atoms with Crippen LogP contribution in [0.25, 0.3) is 6.08 Å². The standard InChI is InChI=1S/C18H18N4O3S3/c1-3-15-20-21-17(28-15)19-14(23)10-22-16(24)13(27-18(22)26)9-11-5-7-12(8-6-11)25-4-2/h5-9H,3-4,10H2,1-2H3,(H,19,21,23). The third-order valence-electron chi connectivity index (χ3n) is 3.68. The Kier molecular flexibility index (Phi) is 6.76. The van der Waals surface area contributed by atoms with Crippen LogP contribution in [0.5, 0.6) is 5.75 Å². The molecule has 1 aliphatic heterocycles. The molecule has 1 fully saturated rings. The molecule has 2 amide bonds. The van der Waals surface area contributed by atoms with Crippen LogP contribution in [0, 0.1) is 0 Å². The molecule has 28 heavy (non-hydrogen) atoms. The van der Waals surface area contributed by atoms with Gasteiger partial charge in [-0.05, 0) is 37.1 Å². The molecule has 2 heterocycles. The number of ether oxygens (including phenoxy) is 1. The lowest BCUT2D eigenvalue weighted by Crippen LogP contribution is -2.36. The molecule has 0 aliphatic carbocycles. The molecule has 0 spiro atoms. The Balaban J connectivity index is 1.64. The molecule has 1 aromatic carbocycles. The number of carbonyl (C=O) groups excluding carboxylic acids is 2. The lowest BCUT2D eigenvalue weighted by molar-refractivity contribution is -0.126. The van der Waals surface area contributed by atoms with Gasteiger partial charge < -0.3 is 4.74 Å². The molecule has 7 nitrogen and oxygen atoms in total. The van der Waals surface area contributed by atoms with Crippen molar-refractivity contribution < 1.29 is 14.3 Å². The summed E-state index contributed by atoms with van der Waals surface area (Å²) in [5, 5.41) is 11.8. The maximum atomic E-state index is 12.6. The Morgan fingerprint density at radius 1 is 1.29 bits per heavy atom. The van der Waals surface area contributed by atoms with Gasteiger partial charge in [-0.3, -0.25) is 19.8 Å². The van der Waals surface area contributed by atoms with E-state index in [9.17, 15) is 9.59 Å². The number of hydrogen-bond acceptors (Lipinski definition) is 8. The van der Waals surface area contributed by atoms with Gasteiger partial charge in [-0.25, -0.2) is 0 Å². The molecule has 0 bridgehead atoms. The van der Waals surface area contributed by atoms with Gasteiger partial charge in [0.15, 0.2) is 0 Å². The summed E-state index contributed by atoms with van der Waals surface area (Å²) in [5.41, 5.74) is 0.856.